The second kappa shape index (κ2) is 17.6. The van der Waals surface area contributed by atoms with Crippen LogP contribution in [0, 0.1) is 0 Å². The highest BCUT2D eigenvalue weighted by Gasteiger charge is 2.23. The Labute approximate surface area is 363 Å². The smallest absolute Gasteiger partial charge is 0.343 e. The van der Waals surface area contributed by atoms with Gasteiger partial charge in [-0.2, -0.15) is 0 Å². The van der Waals surface area contributed by atoms with Crippen LogP contribution in [-0.4, -0.2) is 32.1 Å². The molecule has 0 fully saturated rings. The Morgan fingerprint density at radius 3 is 1.03 bits per heavy atom. The molecule has 0 heterocycles. The third kappa shape index (κ3) is 8.46. The molecule has 0 saturated heterocycles. The molecule has 0 N–H and O–H groups in total. The topological polar surface area (TPSA) is 97.4 Å². The number of hydrogen-bond acceptors (Lipinski definition) is 8. The lowest BCUT2D eigenvalue weighted by atomic mass is 9.92. The minimum absolute atomic E-state index is 0.306. The van der Waals surface area contributed by atoms with Gasteiger partial charge in [0.15, 0.2) is 0 Å². The largest absolute Gasteiger partial charge is 0.497 e. The van der Waals surface area contributed by atoms with E-state index in [-0.39, 0.29) is 0 Å². The zero-order chi connectivity index (χ0) is 43.3. The first kappa shape index (κ1) is 39.9. The van der Waals surface area contributed by atoms with Crippen LogP contribution in [-0.2, 0) is 0 Å². The first-order chi connectivity index (χ1) is 30.8. The number of carbonyl (C=O) groups is 3. The van der Waals surface area contributed by atoms with Crippen LogP contribution in [0.3, 0.4) is 0 Å². The van der Waals surface area contributed by atoms with Crippen LogP contribution in [0.1, 0.15) is 31.1 Å². The van der Waals surface area contributed by atoms with Crippen molar-refractivity contribution in [2.24, 2.45) is 0 Å². The van der Waals surface area contributed by atoms with Crippen LogP contribution < -0.4 is 23.7 Å². The predicted molar refractivity (Wildman–Crippen MR) is 245 cm³/mol. The Bertz CT molecular complexity index is 3120. The molecule has 9 aromatic rings. The summed E-state index contributed by atoms with van der Waals surface area (Å²) in [6.07, 6.45) is 0. The molecule has 0 radical (unpaired) electrons. The van der Waals surface area contributed by atoms with Crippen molar-refractivity contribution in [1.29, 1.82) is 0 Å². The summed E-state index contributed by atoms with van der Waals surface area (Å²) in [5.74, 6) is 0.857. The van der Waals surface area contributed by atoms with Gasteiger partial charge in [0.05, 0.1) is 30.9 Å². The molecular weight excluding hydrogens is 789 g/mol. The SMILES string of the molecule is COc1ccc(C(=O)Oc2ccc(-c3ccc(C(=O)Oc4ccc5ccccc5c4-c4c(OC(=O)c5ccc(-c6ccc(OC)cc6)cc5)ccc5ccccc45)cc3)cc2)cc1. The summed E-state index contributed by atoms with van der Waals surface area (Å²) in [5.41, 5.74) is 5.99. The average Bonchev–Trinajstić information content (AvgIpc) is 3.34. The van der Waals surface area contributed by atoms with E-state index in [4.69, 9.17) is 23.7 Å². The molecule has 0 amide bonds. The lowest BCUT2D eigenvalue weighted by molar-refractivity contribution is 0.0723. The van der Waals surface area contributed by atoms with E-state index in [2.05, 4.69) is 0 Å². The van der Waals surface area contributed by atoms with Crippen molar-refractivity contribution in [3.63, 3.8) is 0 Å². The van der Waals surface area contributed by atoms with Crippen LogP contribution in [0.15, 0.2) is 194 Å². The summed E-state index contributed by atoms with van der Waals surface area (Å²) in [7, 11) is 3.19. The Morgan fingerprint density at radius 1 is 0.317 bits per heavy atom. The highest BCUT2D eigenvalue weighted by atomic mass is 16.5. The molecule has 0 spiro atoms. The normalized spacial score (nSPS) is 10.9. The molecule has 8 nitrogen and oxygen atoms in total. The molecule has 0 aliphatic heterocycles. The standard InChI is InChI=1S/C55H38O8/c1-59-44-27-19-37(20-28-44)35-11-15-41(16-12-35)54(57)62-49-33-25-39-7-3-5-9-47(39)51(49)52-48-10-6-4-8-40(48)26-34-50(52)63-55(58)42-17-13-36(14-18-42)38-21-31-46(32-22-38)61-53(56)43-23-29-45(60-2)30-24-43/h3-34H,1-2H3. The van der Waals surface area contributed by atoms with E-state index < -0.39 is 17.9 Å². The summed E-state index contributed by atoms with van der Waals surface area (Å²) in [4.78, 5) is 40.5. The highest BCUT2D eigenvalue weighted by molar-refractivity contribution is 6.11. The molecule has 9 rings (SSSR count). The Hall–Kier alpha value is -8.49. The van der Waals surface area contributed by atoms with Crippen molar-refractivity contribution in [2.45, 2.75) is 0 Å². The van der Waals surface area contributed by atoms with Crippen LogP contribution in [0.4, 0.5) is 0 Å². The second-order valence-corrected chi connectivity index (χ2v) is 14.6. The molecule has 306 valence electrons. The molecule has 0 aromatic heterocycles. The quantitative estimate of drug-likeness (QED) is 0.0939. The number of esters is 3. The molecule has 9 aromatic carbocycles. The van der Waals surface area contributed by atoms with Gasteiger partial charge in [0.1, 0.15) is 28.7 Å². The Balaban J connectivity index is 0.988. The van der Waals surface area contributed by atoms with Crippen molar-refractivity contribution in [2.75, 3.05) is 14.2 Å². The second-order valence-electron chi connectivity index (χ2n) is 14.6. The number of hydrogen-bond donors (Lipinski definition) is 0. The number of carbonyl (C=O) groups excluding carboxylic acids is 3. The van der Waals surface area contributed by atoms with Crippen molar-refractivity contribution in [3.05, 3.63) is 211 Å². The summed E-state index contributed by atoms with van der Waals surface area (Å²) in [6, 6.07) is 58.9. The van der Waals surface area contributed by atoms with Gasteiger partial charge in [-0.1, -0.05) is 109 Å². The molecule has 0 aliphatic rings. The van der Waals surface area contributed by atoms with Crippen LogP contribution in [0.2, 0.25) is 0 Å². The Morgan fingerprint density at radius 2 is 0.635 bits per heavy atom. The number of methoxy groups -OCH3 is 2. The van der Waals surface area contributed by atoms with E-state index in [9.17, 15) is 14.4 Å². The minimum Gasteiger partial charge on any atom is -0.497 e. The van der Waals surface area contributed by atoms with E-state index in [1.54, 1.807) is 87.0 Å². The maximum atomic E-state index is 14.0. The fourth-order valence-corrected chi connectivity index (χ4v) is 7.50. The van der Waals surface area contributed by atoms with E-state index in [1.807, 2.05) is 121 Å². The van der Waals surface area contributed by atoms with Crippen LogP contribution in [0.25, 0.3) is 54.9 Å². The number of ether oxygens (including phenoxy) is 5. The van der Waals surface area contributed by atoms with Gasteiger partial charge in [0.2, 0.25) is 0 Å². The summed E-state index contributed by atoms with van der Waals surface area (Å²) < 4.78 is 28.5. The number of benzene rings is 9. The fraction of sp³-hybridized carbons (Fsp3) is 0.0364. The minimum atomic E-state index is -0.561. The zero-order valence-electron chi connectivity index (χ0n) is 34.2. The average molecular weight is 827 g/mol. The fourth-order valence-electron chi connectivity index (χ4n) is 7.50. The van der Waals surface area contributed by atoms with Crippen LogP contribution in [0.5, 0.6) is 28.7 Å². The molecule has 0 saturated carbocycles. The number of rotatable bonds is 11. The first-order valence-corrected chi connectivity index (χ1v) is 20.1. The molecule has 0 atom stereocenters. The monoisotopic (exact) mass is 826 g/mol. The van der Waals surface area contributed by atoms with E-state index in [0.29, 0.717) is 50.8 Å². The third-order valence-electron chi connectivity index (χ3n) is 10.8. The van der Waals surface area contributed by atoms with Gasteiger partial charge in [-0.25, -0.2) is 14.4 Å². The third-order valence-corrected chi connectivity index (χ3v) is 10.8. The van der Waals surface area contributed by atoms with Crippen LogP contribution >= 0.6 is 0 Å². The highest BCUT2D eigenvalue weighted by Crippen LogP contribution is 2.46. The maximum Gasteiger partial charge on any atom is 0.343 e. The zero-order valence-corrected chi connectivity index (χ0v) is 34.2. The molecule has 0 aliphatic carbocycles. The molecule has 0 bridgehead atoms. The van der Waals surface area contributed by atoms with Crippen molar-refractivity contribution < 1.29 is 38.1 Å². The van der Waals surface area contributed by atoms with Crippen molar-refractivity contribution >= 4 is 39.5 Å². The lowest BCUT2D eigenvalue weighted by Gasteiger charge is -2.19. The molecule has 8 heteroatoms. The molecule has 63 heavy (non-hydrogen) atoms. The molecule has 0 unspecified atom stereocenters. The first-order valence-electron chi connectivity index (χ1n) is 20.1. The predicted octanol–water partition coefficient (Wildman–Crippen LogP) is 12.7. The summed E-state index contributed by atoms with van der Waals surface area (Å²) >= 11 is 0. The van der Waals surface area contributed by atoms with E-state index in [0.717, 1.165) is 49.5 Å². The lowest BCUT2D eigenvalue weighted by Crippen LogP contribution is -2.11. The Kier molecular flexibility index (Phi) is 11.2. The van der Waals surface area contributed by atoms with Gasteiger partial charge in [-0.15, -0.1) is 0 Å². The van der Waals surface area contributed by atoms with Crippen molar-refractivity contribution in [3.8, 4) is 62.1 Å². The van der Waals surface area contributed by atoms with E-state index >= 15 is 0 Å². The van der Waals surface area contributed by atoms with Gasteiger partial charge < -0.3 is 23.7 Å². The van der Waals surface area contributed by atoms with Crippen molar-refractivity contribution in [1.82, 2.24) is 0 Å². The van der Waals surface area contributed by atoms with E-state index in [1.165, 1.54) is 0 Å². The summed E-state index contributed by atoms with van der Waals surface area (Å²) in [6.45, 7) is 0. The van der Waals surface area contributed by atoms with Gasteiger partial charge >= 0.3 is 17.9 Å². The number of fused-ring (bicyclic) bond motifs is 2. The van der Waals surface area contributed by atoms with Gasteiger partial charge in [0, 0.05) is 11.1 Å². The van der Waals surface area contributed by atoms with Gasteiger partial charge in [-0.05, 0) is 129 Å². The summed E-state index contributed by atoms with van der Waals surface area (Å²) in [5, 5.41) is 3.46. The van der Waals surface area contributed by atoms with Gasteiger partial charge in [0.25, 0.3) is 0 Å². The maximum absolute atomic E-state index is 14.0. The molecular formula is C55H38O8. The van der Waals surface area contributed by atoms with Gasteiger partial charge in [-0.3, -0.25) is 0 Å².